The molecule has 5 N–H and O–H groups in total. The number of alkyl carbamates (subject to hydrolysis) is 1. The van der Waals surface area contributed by atoms with Crippen molar-refractivity contribution in [1.29, 1.82) is 0 Å². The van der Waals surface area contributed by atoms with Crippen molar-refractivity contribution in [3.05, 3.63) is 68.5 Å². The van der Waals surface area contributed by atoms with Crippen LogP contribution < -0.4 is 5.32 Å². The van der Waals surface area contributed by atoms with Crippen LogP contribution in [0, 0.1) is 57.0 Å². The summed E-state index contributed by atoms with van der Waals surface area (Å²) >= 11 is 0. The van der Waals surface area contributed by atoms with Gasteiger partial charge in [-0.3, -0.25) is 24.5 Å². The maximum absolute atomic E-state index is 15.6. The number of aliphatic hydroxyl groups is 4. The van der Waals surface area contributed by atoms with E-state index >= 15 is 4.79 Å². The highest BCUT2D eigenvalue weighted by Crippen LogP contribution is 2.61. The van der Waals surface area contributed by atoms with Crippen LogP contribution in [0.4, 0.5) is 4.79 Å². The van der Waals surface area contributed by atoms with Gasteiger partial charge >= 0.3 is 18.0 Å². The van der Waals surface area contributed by atoms with Gasteiger partial charge in [-0.1, -0.05) is 64.5 Å². The second-order valence-corrected chi connectivity index (χ2v) is 29.2. The normalized spacial score (nSPS) is 47.5. The molecule has 4 aliphatic carbocycles. The van der Waals surface area contributed by atoms with Crippen LogP contribution in [-0.2, 0) is 80.8 Å². The summed E-state index contributed by atoms with van der Waals surface area (Å²) in [6.07, 6.45) is -4.28. The molecule has 26 nitrogen and oxygen atoms in total. The highest BCUT2D eigenvalue weighted by Gasteiger charge is 2.65. The molecule has 7 fully saturated rings. The SMILES string of the molecule is COC(=O)N[C@H]1[C@@H](C)O[C@@H](OC2C/C=C(\C)C3C=CC4C(O[C@H]5C[C@@H](O[C@H]6CC[C@@H](O[C@@H]7C[C@@H](O)[C@@H](O[C@H]8CC[C@@H](O)[C@H](C)O8)[C@H](C)O7)[C@H](C)O6)[C@@H](OC(=O)C(C)C)[C@H](C)O5)C(C)CC(C)C4C3(C)/C(O)=C3/C(=O)OC4(CC(C=O)=CC(O)C4/C=C/2C)C3=O)C[C@]1(C)[N+](=O)[O-]. The lowest BCUT2D eigenvalue weighted by molar-refractivity contribution is -0.584. The molecule has 2 bridgehead atoms. The van der Waals surface area contributed by atoms with E-state index in [1.54, 1.807) is 47.6 Å². The summed E-state index contributed by atoms with van der Waals surface area (Å²) in [7, 11) is 1.15. The Kier molecular flexibility index (Phi) is 22.2. The van der Waals surface area contributed by atoms with Crippen LogP contribution in [0.1, 0.15) is 154 Å². The summed E-state index contributed by atoms with van der Waals surface area (Å²) in [6.45, 7) is 23.3. The zero-order valence-corrected chi connectivity index (χ0v) is 57.0. The summed E-state index contributed by atoms with van der Waals surface area (Å²) in [5, 5.41) is 62.1. The number of allylic oxidation sites excluding steroid dienone is 3. The van der Waals surface area contributed by atoms with E-state index in [2.05, 4.69) is 25.2 Å². The molecule has 1 amide bonds. The van der Waals surface area contributed by atoms with Gasteiger partial charge in [-0.2, -0.15) is 0 Å². The topological polar surface area (TPSA) is 341 Å². The highest BCUT2D eigenvalue weighted by molar-refractivity contribution is 6.26. The zero-order chi connectivity index (χ0) is 69.1. The van der Waals surface area contributed by atoms with Gasteiger partial charge in [0.25, 0.3) is 0 Å². The smallest absolute Gasteiger partial charge is 0.407 e. The third-order valence-corrected chi connectivity index (χ3v) is 22.1. The third-order valence-electron chi connectivity index (χ3n) is 22.1. The van der Waals surface area contributed by atoms with Crippen molar-refractivity contribution in [2.45, 2.75) is 288 Å². The number of Topliss-reactive ketones (excluding diaryl/α,β-unsaturated/α-hetero) is 1. The molecule has 0 aromatic rings. The van der Waals surface area contributed by atoms with E-state index in [1.807, 2.05) is 39.8 Å². The molecule has 29 atom stereocenters. The van der Waals surface area contributed by atoms with Crippen molar-refractivity contribution < 1.29 is 111 Å². The molecule has 6 saturated heterocycles. The number of hydrogen-bond donors (Lipinski definition) is 5. The highest BCUT2D eigenvalue weighted by atomic mass is 16.8. The van der Waals surface area contributed by atoms with Gasteiger partial charge in [0.05, 0.1) is 92.5 Å². The predicted octanol–water partition coefficient (Wildman–Crippen LogP) is 7.00. The Balaban J connectivity index is 0.914. The monoisotopic (exact) mass is 1340 g/mol. The fourth-order valence-corrected chi connectivity index (χ4v) is 17.0. The van der Waals surface area contributed by atoms with Crippen LogP contribution in [0.3, 0.4) is 0 Å². The van der Waals surface area contributed by atoms with E-state index in [9.17, 15) is 49.7 Å². The van der Waals surface area contributed by atoms with Crippen molar-refractivity contribution in [3.63, 3.8) is 0 Å². The molecule has 0 aromatic carbocycles. The van der Waals surface area contributed by atoms with Gasteiger partial charge < -0.3 is 87.3 Å². The Morgan fingerprint density at radius 2 is 1.36 bits per heavy atom. The molecule has 95 heavy (non-hydrogen) atoms. The maximum atomic E-state index is 15.6. The predicted molar refractivity (Wildman–Crippen MR) is 334 cm³/mol. The maximum Gasteiger partial charge on any atom is 0.407 e. The third kappa shape index (κ3) is 14.4. The number of nitrogens with zero attached hydrogens (tertiary/aromatic N) is 1. The van der Waals surface area contributed by atoms with Gasteiger partial charge in [0.1, 0.15) is 35.9 Å². The van der Waals surface area contributed by atoms with E-state index in [-0.39, 0.29) is 43.1 Å². The first kappa shape index (κ1) is 72.7. The number of aldehydes is 1. The van der Waals surface area contributed by atoms with E-state index in [4.69, 9.17) is 61.6 Å². The number of fused-ring (bicyclic) bond motifs is 4. The van der Waals surface area contributed by atoms with Crippen LogP contribution in [0.15, 0.2) is 58.4 Å². The Labute approximate surface area is 555 Å². The first-order valence-corrected chi connectivity index (χ1v) is 34.0. The number of nitrogens with one attached hydrogen (secondary N) is 1. The van der Waals surface area contributed by atoms with Crippen molar-refractivity contribution in [2.24, 2.45) is 46.8 Å². The Morgan fingerprint density at radius 3 is 2.01 bits per heavy atom. The number of ketones is 1. The van der Waals surface area contributed by atoms with Crippen molar-refractivity contribution >= 4 is 30.1 Å². The van der Waals surface area contributed by atoms with Crippen molar-refractivity contribution in [2.75, 3.05) is 7.11 Å². The number of carbonyl (C=O) groups excluding carboxylic acids is 5. The molecule has 6 heterocycles. The van der Waals surface area contributed by atoms with Gasteiger partial charge in [-0.15, -0.1) is 0 Å². The summed E-state index contributed by atoms with van der Waals surface area (Å²) in [5.41, 5.74) is -4.92. The number of aliphatic hydroxyl groups excluding tert-OH is 4. The quantitative estimate of drug-likeness (QED) is 0.0209. The average molecular weight is 1340 g/mol. The van der Waals surface area contributed by atoms with E-state index < -0.39 is 216 Å². The largest absolute Gasteiger partial charge is 0.511 e. The fourth-order valence-electron chi connectivity index (χ4n) is 17.0. The molecule has 530 valence electrons. The number of esters is 2. The molecule has 6 aliphatic heterocycles. The number of carbonyl (C=O) groups is 5. The molecular weight excluding hydrogens is 1240 g/mol. The number of amides is 1. The summed E-state index contributed by atoms with van der Waals surface area (Å²) in [6, 6.07) is -1.13. The standard InChI is InChI=1S/C69H100N2O24/c1-31(2)64(78)94-60-39(10)87-54(27-50(60)91-51-22-20-49(37(8)85-51)90-53-26-47(75)59(38(9)86-53)92-52-21-18-45(73)36(7)84-52)93-58-35(6)23-34(5)57-42(58)16-17-43-32(3)15-19-48(89-55-29-67(12,71(81)82)61(40(11)88-55)70-66(80)83-14)33(4)24-44-46(74)25-41(30-72)28-69(44)63(77)56(65(79)95-69)62(76)68(43,57)13/h15-17,24-25,30-31,34-40,42-55,57-61,73-76H,18-23,26-29H2,1-14H3,(H,70,80)/b32-15+,33-24+,62-56-/t34?,35?,36-,37-,38-,39-,40+,42?,43?,44?,45+,46?,47+,48?,49+,50+,51-,52-,53+,54-,55-,57?,58?,59-,60-,61-,67-,68?,69?/m0/s1. The first-order chi connectivity index (χ1) is 44.8. The lowest BCUT2D eigenvalue weighted by Crippen LogP contribution is -2.65. The van der Waals surface area contributed by atoms with Crippen LogP contribution in [0.25, 0.3) is 0 Å². The Hall–Kier alpha value is -5.07. The summed E-state index contributed by atoms with van der Waals surface area (Å²) in [4.78, 5) is 81.3. The molecule has 26 heteroatoms. The van der Waals surface area contributed by atoms with E-state index in [1.165, 1.54) is 13.0 Å². The molecule has 10 aliphatic rings. The van der Waals surface area contributed by atoms with Crippen molar-refractivity contribution in [3.8, 4) is 0 Å². The fraction of sp³-hybridized carbons (Fsp3) is 0.783. The number of nitro groups is 1. The molecule has 11 unspecified atom stereocenters. The minimum Gasteiger partial charge on any atom is -0.511 e. The summed E-state index contributed by atoms with van der Waals surface area (Å²) < 4.78 is 82.1. The lowest BCUT2D eigenvalue weighted by atomic mass is 9.49. The van der Waals surface area contributed by atoms with Gasteiger partial charge in [0, 0.05) is 61.2 Å². The Bertz CT molecular complexity index is 3010. The minimum absolute atomic E-state index is 0.00174. The van der Waals surface area contributed by atoms with E-state index in [0.717, 1.165) is 7.11 Å². The molecule has 0 aromatic heterocycles. The molecule has 10 rings (SSSR count). The molecule has 1 saturated carbocycles. The number of rotatable bonds is 15. The van der Waals surface area contributed by atoms with Crippen LogP contribution in [0.2, 0.25) is 0 Å². The van der Waals surface area contributed by atoms with Gasteiger partial charge in [-0.25, -0.2) is 9.59 Å². The van der Waals surface area contributed by atoms with E-state index in [0.29, 0.717) is 49.5 Å². The van der Waals surface area contributed by atoms with Gasteiger partial charge in [-0.05, 0) is 109 Å². The van der Waals surface area contributed by atoms with Crippen LogP contribution in [0.5, 0.6) is 0 Å². The van der Waals surface area contributed by atoms with Crippen LogP contribution in [-0.4, -0.2) is 197 Å². The molecule has 0 radical (unpaired) electrons. The number of hydrogen-bond acceptors (Lipinski definition) is 24. The van der Waals surface area contributed by atoms with Crippen molar-refractivity contribution in [1.82, 2.24) is 5.32 Å². The average Bonchev–Trinajstić information content (AvgIpc) is 1.52. The zero-order valence-electron chi connectivity index (χ0n) is 57.0. The first-order valence-electron chi connectivity index (χ1n) is 34.0. The summed E-state index contributed by atoms with van der Waals surface area (Å²) in [5.74, 6) is -6.86. The Morgan fingerprint density at radius 1 is 0.726 bits per heavy atom. The lowest BCUT2D eigenvalue weighted by Gasteiger charge is -2.56. The minimum atomic E-state index is -2.20. The van der Waals surface area contributed by atoms with Crippen LogP contribution >= 0.6 is 0 Å². The second kappa shape index (κ2) is 29.0. The van der Waals surface area contributed by atoms with Gasteiger partial charge in [0.15, 0.2) is 43.2 Å². The van der Waals surface area contributed by atoms with Gasteiger partial charge in [0.2, 0.25) is 11.3 Å². The molecule has 1 spiro atoms. The molecular formula is C69H100N2O24. The number of ether oxygens (including phenoxy) is 13. The second-order valence-electron chi connectivity index (χ2n) is 29.2. The number of methoxy groups -OCH3 is 1.